The molecule has 1 aromatic carbocycles. The van der Waals surface area contributed by atoms with Gasteiger partial charge in [-0.15, -0.1) is 0 Å². The van der Waals surface area contributed by atoms with Crippen LogP contribution in [-0.4, -0.2) is 22.6 Å². The van der Waals surface area contributed by atoms with E-state index < -0.39 is 0 Å². The highest BCUT2D eigenvalue weighted by atomic mass is 16.5. The number of anilines is 1. The van der Waals surface area contributed by atoms with Crippen molar-refractivity contribution in [1.82, 2.24) is 9.97 Å². The molecule has 1 aliphatic heterocycles. The number of rotatable bonds is 3. The van der Waals surface area contributed by atoms with Crippen molar-refractivity contribution >= 4 is 5.95 Å². The minimum Gasteiger partial charge on any atom is -0.488 e. The number of nitrogens with one attached hydrogen (secondary N) is 1. The summed E-state index contributed by atoms with van der Waals surface area (Å²) in [6, 6.07) is 8.16. The first-order chi connectivity index (χ1) is 8.81. The molecule has 0 saturated heterocycles. The van der Waals surface area contributed by atoms with Crippen molar-refractivity contribution in [2.45, 2.75) is 19.4 Å². The van der Waals surface area contributed by atoms with Crippen molar-refractivity contribution < 1.29 is 4.74 Å². The van der Waals surface area contributed by atoms with E-state index in [1.165, 1.54) is 5.56 Å². The van der Waals surface area contributed by atoms with Gasteiger partial charge in [0.25, 0.3) is 0 Å². The molecule has 1 N–H and O–H groups in total. The second kappa shape index (κ2) is 4.64. The first kappa shape index (κ1) is 11.0. The van der Waals surface area contributed by atoms with E-state index in [0.29, 0.717) is 5.95 Å². The van der Waals surface area contributed by atoms with Gasteiger partial charge in [-0.25, -0.2) is 9.97 Å². The topological polar surface area (TPSA) is 47.0 Å². The Kier molecular flexibility index (Phi) is 2.84. The molecule has 2 aromatic rings. The molecule has 2 heterocycles. The summed E-state index contributed by atoms with van der Waals surface area (Å²) < 4.78 is 5.83. The summed E-state index contributed by atoms with van der Waals surface area (Å²) in [5, 5.41) is 3.20. The van der Waals surface area contributed by atoms with E-state index in [4.69, 9.17) is 4.74 Å². The third-order valence-electron chi connectivity index (χ3n) is 2.98. The van der Waals surface area contributed by atoms with Gasteiger partial charge in [0, 0.05) is 18.8 Å². The van der Waals surface area contributed by atoms with Crippen LogP contribution in [0.3, 0.4) is 0 Å². The standard InChI is InChI=1S/C14H15N3O/c1-10-7-15-14(16-8-10)17-9-12-6-11-4-2-3-5-13(11)18-12/h2-5,7-8,12H,6,9H2,1H3,(H,15,16,17). The number of hydrogen-bond acceptors (Lipinski definition) is 4. The highest BCUT2D eigenvalue weighted by Crippen LogP contribution is 2.27. The van der Waals surface area contributed by atoms with Gasteiger partial charge in [-0.05, 0) is 24.1 Å². The fourth-order valence-electron chi connectivity index (χ4n) is 2.06. The molecule has 0 radical (unpaired) electrons. The molecule has 4 nitrogen and oxygen atoms in total. The van der Waals surface area contributed by atoms with E-state index in [-0.39, 0.29) is 6.10 Å². The van der Waals surface area contributed by atoms with Gasteiger partial charge in [0.05, 0.1) is 6.54 Å². The van der Waals surface area contributed by atoms with E-state index in [1.54, 1.807) is 12.4 Å². The lowest BCUT2D eigenvalue weighted by Crippen LogP contribution is -2.24. The Labute approximate surface area is 106 Å². The quantitative estimate of drug-likeness (QED) is 0.895. The number of aryl methyl sites for hydroxylation is 1. The largest absolute Gasteiger partial charge is 0.488 e. The second-order valence-electron chi connectivity index (χ2n) is 4.52. The van der Waals surface area contributed by atoms with E-state index in [0.717, 1.165) is 24.3 Å². The monoisotopic (exact) mass is 241 g/mol. The third-order valence-corrected chi connectivity index (χ3v) is 2.98. The Hall–Kier alpha value is -2.10. The SMILES string of the molecule is Cc1cnc(NCC2Cc3ccccc3O2)nc1. The lowest BCUT2D eigenvalue weighted by molar-refractivity contribution is 0.246. The zero-order valence-corrected chi connectivity index (χ0v) is 10.3. The predicted octanol–water partition coefficient (Wildman–Crippen LogP) is 2.20. The molecule has 1 aliphatic rings. The molecule has 0 amide bonds. The van der Waals surface area contributed by atoms with Gasteiger partial charge in [-0.2, -0.15) is 0 Å². The van der Waals surface area contributed by atoms with Crippen LogP contribution in [0.25, 0.3) is 0 Å². The lowest BCUT2D eigenvalue weighted by atomic mass is 10.1. The number of para-hydroxylation sites is 1. The summed E-state index contributed by atoms with van der Waals surface area (Å²) in [6.45, 7) is 2.69. The van der Waals surface area contributed by atoms with Crippen LogP contribution in [0.4, 0.5) is 5.95 Å². The highest BCUT2D eigenvalue weighted by molar-refractivity contribution is 5.38. The normalized spacial score (nSPS) is 17.1. The van der Waals surface area contributed by atoms with Crippen LogP contribution >= 0.6 is 0 Å². The number of aromatic nitrogens is 2. The Morgan fingerprint density at radius 2 is 2.06 bits per heavy atom. The summed E-state index contributed by atoms with van der Waals surface area (Å²) in [6.07, 6.45) is 4.71. The van der Waals surface area contributed by atoms with Gasteiger partial charge < -0.3 is 10.1 Å². The molecule has 1 atom stereocenters. The van der Waals surface area contributed by atoms with Gasteiger partial charge in [0.2, 0.25) is 5.95 Å². The van der Waals surface area contributed by atoms with Crippen molar-refractivity contribution in [3.8, 4) is 5.75 Å². The average molecular weight is 241 g/mol. The Morgan fingerprint density at radius 3 is 2.83 bits per heavy atom. The molecule has 0 bridgehead atoms. The van der Waals surface area contributed by atoms with Crippen molar-refractivity contribution in [1.29, 1.82) is 0 Å². The zero-order chi connectivity index (χ0) is 12.4. The van der Waals surface area contributed by atoms with Crippen molar-refractivity contribution in [2.24, 2.45) is 0 Å². The first-order valence-corrected chi connectivity index (χ1v) is 6.08. The maximum absolute atomic E-state index is 5.83. The van der Waals surface area contributed by atoms with Crippen LogP contribution in [0.15, 0.2) is 36.7 Å². The van der Waals surface area contributed by atoms with Gasteiger partial charge in [-0.3, -0.25) is 0 Å². The second-order valence-corrected chi connectivity index (χ2v) is 4.52. The smallest absolute Gasteiger partial charge is 0.222 e. The summed E-state index contributed by atoms with van der Waals surface area (Å²) in [7, 11) is 0. The van der Waals surface area contributed by atoms with E-state index in [9.17, 15) is 0 Å². The summed E-state index contributed by atoms with van der Waals surface area (Å²) in [5.74, 6) is 1.65. The molecular formula is C14H15N3O. The van der Waals surface area contributed by atoms with Crippen LogP contribution < -0.4 is 10.1 Å². The maximum atomic E-state index is 5.83. The molecule has 0 saturated carbocycles. The van der Waals surface area contributed by atoms with E-state index in [1.807, 2.05) is 25.1 Å². The number of benzene rings is 1. The van der Waals surface area contributed by atoms with Crippen LogP contribution in [0.1, 0.15) is 11.1 Å². The number of nitrogens with zero attached hydrogens (tertiary/aromatic N) is 2. The molecule has 18 heavy (non-hydrogen) atoms. The van der Waals surface area contributed by atoms with Crippen molar-refractivity contribution in [3.63, 3.8) is 0 Å². The van der Waals surface area contributed by atoms with Crippen LogP contribution in [-0.2, 0) is 6.42 Å². The average Bonchev–Trinajstić information content (AvgIpc) is 2.81. The summed E-state index contributed by atoms with van der Waals surface area (Å²) in [5.41, 5.74) is 2.33. The molecule has 0 aliphatic carbocycles. The van der Waals surface area contributed by atoms with Gasteiger partial charge >= 0.3 is 0 Å². The molecule has 92 valence electrons. The van der Waals surface area contributed by atoms with Gasteiger partial charge in [0.15, 0.2) is 0 Å². The Morgan fingerprint density at radius 1 is 1.28 bits per heavy atom. The van der Waals surface area contributed by atoms with Crippen molar-refractivity contribution in [2.75, 3.05) is 11.9 Å². The lowest BCUT2D eigenvalue weighted by Gasteiger charge is -2.11. The van der Waals surface area contributed by atoms with Crippen LogP contribution in [0.2, 0.25) is 0 Å². The molecule has 0 spiro atoms. The minimum atomic E-state index is 0.160. The molecule has 4 heteroatoms. The predicted molar refractivity (Wildman–Crippen MR) is 69.8 cm³/mol. The number of ether oxygens (including phenoxy) is 1. The van der Waals surface area contributed by atoms with E-state index >= 15 is 0 Å². The summed E-state index contributed by atoms with van der Waals surface area (Å²) in [4.78, 5) is 8.42. The van der Waals surface area contributed by atoms with Gasteiger partial charge in [0.1, 0.15) is 11.9 Å². The molecule has 3 rings (SSSR count). The fourth-order valence-corrected chi connectivity index (χ4v) is 2.06. The number of fused-ring (bicyclic) bond motifs is 1. The summed E-state index contributed by atoms with van der Waals surface area (Å²) >= 11 is 0. The zero-order valence-electron chi connectivity index (χ0n) is 10.3. The highest BCUT2D eigenvalue weighted by Gasteiger charge is 2.21. The minimum absolute atomic E-state index is 0.160. The van der Waals surface area contributed by atoms with Crippen LogP contribution in [0.5, 0.6) is 5.75 Å². The molecule has 0 fully saturated rings. The fraction of sp³-hybridized carbons (Fsp3) is 0.286. The Bertz CT molecular complexity index is 514. The third kappa shape index (κ3) is 2.27. The van der Waals surface area contributed by atoms with Crippen molar-refractivity contribution in [3.05, 3.63) is 47.8 Å². The number of hydrogen-bond donors (Lipinski definition) is 1. The Balaban J connectivity index is 1.58. The van der Waals surface area contributed by atoms with E-state index in [2.05, 4.69) is 21.4 Å². The molecule has 1 aromatic heterocycles. The molecule has 1 unspecified atom stereocenters. The maximum Gasteiger partial charge on any atom is 0.222 e. The van der Waals surface area contributed by atoms with Gasteiger partial charge in [-0.1, -0.05) is 18.2 Å². The molecular weight excluding hydrogens is 226 g/mol. The van der Waals surface area contributed by atoms with Crippen LogP contribution in [0, 0.1) is 6.92 Å². The first-order valence-electron chi connectivity index (χ1n) is 6.08.